The van der Waals surface area contributed by atoms with Crippen molar-refractivity contribution < 1.29 is 22.4 Å². The summed E-state index contributed by atoms with van der Waals surface area (Å²) < 4.78 is 44.1. The van der Waals surface area contributed by atoms with E-state index in [1.165, 1.54) is 19.1 Å². The highest BCUT2D eigenvalue weighted by Crippen LogP contribution is 2.45. The van der Waals surface area contributed by atoms with E-state index in [-0.39, 0.29) is 5.91 Å². The summed E-state index contributed by atoms with van der Waals surface area (Å²) in [5, 5.41) is 11.1. The van der Waals surface area contributed by atoms with Crippen LogP contribution in [0.4, 0.5) is 13.2 Å². The zero-order valence-electron chi connectivity index (χ0n) is 15.6. The average molecular weight is 401 g/mol. The van der Waals surface area contributed by atoms with Crippen LogP contribution in [0.2, 0.25) is 0 Å². The van der Waals surface area contributed by atoms with E-state index in [1.807, 2.05) is 24.3 Å². The number of hydrogen-bond acceptors (Lipinski definition) is 4. The zero-order valence-corrected chi connectivity index (χ0v) is 15.6. The van der Waals surface area contributed by atoms with Gasteiger partial charge in [0.2, 0.25) is 17.7 Å². The molecule has 1 aliphatic rings. The number of halogens is 3. The fourth-order valence-corrected chi connectivity index (χ4v) is 3.29. The first-order chi connectivity index (χ1) is 13.8. The average Bonchev–Trinajstić information content (AvgIpc) is 3.26. The van der Waals surface area contributed by atoms with Crippen LogP contribution in [0.15, 0.2) is 52.9 Å². The monoisotopic (exact) mass is 401 g/mol. The summed E-state index contributed by atoms with van der Waals surface area (Å²) >= 11 is 0. The third kappa shape index (κ3) is 4.01. The largest absolute Gasteiger partial charge is 0.418 e. The number of hydrogen-bond donors (Lipinski definition) is 1. The number of benzene rings is 2. The molecule has 29 heavy (non-hydrogen) atoms. The molecule has 0 bridgehead atoms. The molecular formula is C21H18F3N3O2. The van der Waals surface area contributed by atoms with Crippen molar-refractivity contribution in [3.63, 3.8) is 0 Å². The maximum atomic E-state index is 12.8. The van der Waals surface area contributed by atoms with Gasteiger partial charge in [-0.1, -0.05) is 30.3 Å². The Balaban J connectivity index is 1.59. The van der Waals surface area contributed by atoms with Crippen molar-refractivity contribution in [2.24, 2.45) is 0 Å². The number of carbonyl (C=O) groups excluding carboxylic acids is 1. The molecule has 0 aliphatic heterocycles. The number of aromatic nitrogens is 2. The third-order valence-corrected chi connectivity index (χ3v) is 4.92. The van der Waals surface area contributed by atoms with Crippen molar-refractivity contribution in [3.05, 3.63) is 71.1 Å². The van der Waals surface area contributed by atoms with Crippen LogP contribution in [-0.2, 0) is 22.9 Å². The van der Waals surface area contributed by atoms with Crippen LogP contribution in [0.5, 0.6) is 0 Å². The highest BCUT2D eigenvalue weighted by molar-refractivity contribution is 5.74. The maximum Gasteiger partial charge on any atom is 0.416 e. The summed E-state index contributed by atoms with van der Waals surface area (Å²) in [5.41, 5.74) is 1.04. The molecule has 0 saturated heterocycles. The molecule has 1 saturated carbocycles. The number of alkyl halides is 3. The predicted molar refractivity (Wildman–Crippen MR) is 98.7 cm³/mol. The first-order valence-corrected chi connectivity index (χ1v) is 9.14. The van der Waals surface area contributed by atoms with Gasteiger partial charge in [-0.05, 0) is 48.6 Å². The van der Waals surface area contributed by atoms with Gasteiger partial charge >= 0.3 is 6.18 Å². The lowest BCUT2D eigenvalue weighted by atomic mass is 9.99. The van der Waals surface area contributed by atoms with E-state index in [4.69, 9.17) is 4.42 Å². The van der Waals surface area contributed by atoms with Gasteiger partial charge in [0, 0.05) is 12.5 Å². The lowest BCUT2D eigenvalue weighted by molar-refractivity contribution is -0.137. The van der Waals surface area contributed by atoms with E-state index >= 15 is 0 Å². The van der Waals surface area contributed by atoms with E-state index in [0.717, 1.165) is 36.1 Å². The van der Waals surface area contributed by atoms with Gasteiger partial charge in [0.1, 0.15) is 5.54 Å². The van der Waals surface area contributed by atoms with Gasteiger partial charge in [0.25, 0.3) is 0 Å². The number of rotatable bonds is 5. The quantitative estimate of drug-likeness (QED) is 0.685. The fourth-order valence-electron chi connectivity index (χ4n) is 3.29. The molecule has 1 amide bonds. The molecule has 1 aromatic heterocycles. The van der Waals surface area contributed by atoms with Crippen LogP contribution < -0.4 is 5.32 Å². The Labute approximate surface area is 165 Å². The number of nitrogens with zero attached hydrogens (tertiary/aromatic N) is 2. The van der Waals surface area contributed by atoms with E-state index < -0.39 is 17.3 Å². The van der Waals surface area contributed by atoms with E-state index in [0.29, 0.717) is 23.8 Å². The van der Waals surface area contributed by atoms with Crippen LogP contribution in [0.25, 0.3) is 11.5 Å². The van der Waals surface area contributed by atoms with Crippen LogP contribution in [0.3, 0.4) is 0 Å². The second-order valence-electron chi connectivity index (χ2n) is 7.20. The molecule has 3 aromatic rings. The van der Waals surface area contributed by atoms with Crippen molar-refractivity contribution in [2.45, 2.75) is 37.9 Å². The van der Waals surface area contributed by atoms with Gasteiger partial charge in [-0.25, -0.2) is 0 Å². The normalized spacial score (nSPS) is 15.2. The van der Waals surface area contributed by atoms with Crippen LogP contribution in [-0.4, -0.2) is 16.1 Å². The summed E-state index contributed by atoms with van der Waals surface area (Å²) in [6.45, 7) is 1.44. The summed E-state index contributed by atoms with van der Waals surface area (Å²) in [5.74, 6) is 0.524. The number of nitrogens with one attached hydrogen (secondary N) is 1. The molecule has 1 N–H and O–H groups in total. The standard InChI is InChI=1S/C21H18F3N3O2/c1-13(28)25-20(10-11-20)19-27-26-18(29-19)17-5-3-2-4-15(17)12-14-6-8-16(9-7-14)21(22,23)24/h2-9H,10-12H2,1H3,(H,25,28). The van der Waals surface area contributed by atoms with Crippen molar-refractivity contribution in [1.82, 2.24) is 15.5 Å². The van der Waals surface area contributed by atoms with Gasteiger partial charge in [-0.3, -0.25) is 4.79 Å². The zero-order chi connectivity index (χ0) is 20.6. The number of amides is 1. The van der Waals surface area contributed by atoms with Gasteiger partial charge in [0.05, 0.1) is 5.56 Å². The highest BCUT2D eigenvalue weighted by Gasteiger charge is 2.50. The maximum absolute atomic E-state index is 12.8. The second kappa shape index (κ2) is 7.02. The van der Waals surface area contributed by atoms with Gasteiger partial charge in [-0.15, -0.1) is 10.2 Å². The molecule has 0 unspecified atom stereocenters. The second-order valence-corrected chi connectivity index (χ2v) is 7.20. The van der Waals surface area contributed by atoms with Crippen LogP contribution in [0.1, 0.15) is 42.3 Å². The van der Waals surface area contributed by atoms with E-state index in [2.05, 4.69) is 15.5 Å². The molecule has 0 atom stereocenters. The van der Waals surface area contributed by atoms with Crippen molar-refractivity contribution in [2.75, 3.05) is 0 Å². The van der Waals surface area contributed by atoms with Gasteiger partial charge in [0.15, 0.2) is 0 Å². The molecule has 5 nitrogen and oxygen atoms in total. The Bertz CT molecular complexity index is 1040. The van der Waals surface area contributed by atoms with Gasteiger partial charge < -0.3 is 9.73 Å². The molecular weight excluding hydrogens is 383 g/mol. The minimum Gasteiger partial charge on any atom is -0.418 e. The molecule has 2 aromatic carbocycles. The molecule has 0 spiro atoms. The fraction of sp³-hybridized carbons (Fsp3) is 0.286. The summed E-state index contributed by atoms with van der Waals surface area (Å²) in [6.07, 6.45) is -2.46. The SMILES string of the molecule is CC(=O)NC1(c2nnc(-c3ccccc3Cc3ccc(C(F)(F)F)cc3)o2)CC1. The first kappa shape index (κ1) is 19.2. The smallest absolute Gasteiger partial charge is 0.416 e. The molecule has 1 aliphatic carbocycles. The van der Waals surface area contributed by atoms with Crippen molar-refractivity contribution >= 4 is 5.91 Å². The van der Waals surface area contributed by atoms with Gasteiger partial charge in [-0.2, -0.15) is 13.2 Å². The summed E-state index contributed by atoms with van der Waals surface area (Å²) in [4.78, 5) is 11.4. The summed E-state index contributed by atoms with van der Waals surface area (Å²) in [6, 6.07) is 12.5. The molecule has 150 valence electrons. The Morgan fingerprint density at radius 1 is 1.10 bits per heavy atom. The minimum absolute atomic E-state index is 0.162. The molecule has 8 heteroatoms. The molecule has 1 heterocycles. The lowest BCUT2D eigenvalue weighted by Gasteiger charge is -2.11. The van der Waals surface area contributed by atoms with E-state index in [1.54, 1.807) is 0 Å². The summed E-state index contributed by atoms with van der Waals surface area (Å²) in [7, 11) is 0. The molecule has 4 rings (SSSR count). The van der Waals surface area contributed by atoms with Crippen LogP contribution >= 0.6 is 0 Å². The number of carbonyl (C=O) groups is 1. The van der Waals surface area contributed by atoms with Crippen LogP contribution in [0, 0.1) is 0 Å². The Hall–Kier alpha value is -3.16. The topological polar surface area (TPSA) is 68.0 Å². The first-order valence-electron chi connectivity index (χ1n) is 9.14. The molecule has 0 radical (unpaired) electrons. The highest BCUT2D eigenvalue weighted by atomic mass is 19.4. The van der Waals surface area contributed by atoms with Crippen molar-refractivity contribution in [1.29, 1.82) is 0 Å². The van der Waals surface area contributed by atoms with E-state index in [9.17, 15) is 18.0 Å². The third-order valence-electron chi connectivity index (χ3n) is 4.92. The predicted octanol–water partition coefficient (Wildman–Crippen LogP) is 4.47. The minimum atomic E-state index is -4.36. The Morgan fingerprint density at radius 2 is 1.79 bits per heavy atom. The Morgan fingerprint density at radius 3 is 2.41 bits per heavy atom. The van der Waals surface area contributed by atoms with Crippen molar-refractivity contribution in [3.8, 4) is 11.5 Å². The molecule has 1 fully saturated rings. The Kier molecular flexibility index (Phi) is 4.64. The lowest BCUT2D eigenvalue weighted by Crippen LogP contribution is -2.33.